The fourth-order valence-electron chi connectivity index (χ4n) is 1.48. The fourth-order valence-corrected chi connectivity index (χ4v) is 2.63. The van der Waals surface area contributed by atoms with E-state index in [1.807, 2.05) is 12.1 Å². The van der Waals surface area contributed by atoms with Crippen LogP contribution in [-0.2, 0) is 9.32 Å². The highest BCUT2D eigenvalue weighted by molar-refractivity contribution is 7.32. The summed E-state index contributed by atoms with van der Waals surface area (Å²) in [4.78, 5) is 8.81. The van der Waals surface area contributed by atoms with Gasteiger partial charge in [0.05, 0.1) is 10.0 Å². The van der Waals surface area contributed by atoms with Crippen molar-refractivity contribution in [1.29, 1.82) is 0 Å². The van der Waals surface area contributed by atoms with E-state index in [-0.39, 0.29) is 5.66 Å². The molecule has 1 aromatic carbocycles. The molecule has 114 valence electrons. The molecule has 1 N–H and O–H groups in total. The Hall–Kier alpha value is -0.220. The molecule has 0 aliphatic rings. The van der Waals surface area contributed by atoms with Crippen LogP contribution in [0.3, 0.4) is 0 Å². The molecular weight excluding hydrogens is 320 g/mol. The number of carbonyl (C=O) groups is 1. The van der Waals surface area contributed by atoms with Crippen LogP contribution in [0.2, 0.25) is 10.0 Å². The summed E-state index contributed by atoms with van der Waals surface area (Å²) in [6.45, 7) is 2.03. The summed E-state index contributed by atoms with van der Waals surface area (Å²) in [5.41, 5.74) is 1.31. The summed E-state index contributed by atoms with van der Waals surface area (Å²) in [5.74, 6) is 0. The van der Waals surface area contributed by atoms with Gasteiger partial charge in [0, 0.05) is 35.2 Å². The van der Waals surface area contributed by atoms with Crippen LogP contribution in [0.15, 0.2) is 18.2 Å². The zero-order valence-electron chi connectivity index (χ0n) is 11.8. The molecule has 7 heteroatoms. The molecule has 4 nitrogen and oxygen atoms in total. The van der Waals surface area contributed by atoms with Crippen molar-refractivity contribution >= 4 is 38.3 Å². The summed E-state index contributed by atoms with van der Waals surface area (Å²) in [5, 5.41) is 11.4. The molecule has 0 fully saturated rings. The minimum absolute atomic E-state index is 0.226. The van der Waals surface area contributed by atoms with E-state index in [1.165, 1.54) is 12.0 Å². The smallest absolute Gasteiger partial charge is 0.116 e. The average molecular weight is 340 g/mol. The summed E-state index contributed by atoms with van der Waals surface area (Å²) >= 11 is 11.9. The maximum absolute atomic E-state index is 9.16. The average Bonchev–Trinajstić information content (AvgIpc) is 2.38. The number of benzene rings is 1. The zero-order chi connectivity index (χ0) is 15.5. The van der Waals surface area contributed by atoms with Crippen LogP contribution in [0.5, 0.6) is 0 Å². The minimum atomic E-state index is 0.226. The minimum Gasteiger partial charge on any atom is -0.365 e. The maximum Gasteiger partial charge on any atom is 0.116 e. The van der Waals surface area contributed by atoms with E-state index in [1.54, 1.807) is 20.2 Å². The topological polar surface area (TPSA) is 49.8 Å². The van der Waals surface area contributed by atoms with Gasteiger partial charge in [-0.2, -0.15) is 5.06 Å². The zero-order valence-corrected chi connectivity index (χ0v) is 14.3. The molecule has 2 unspecified atom stereocenters. The van der Waals surface area contributed by atoms with Crippen LogP contribution in [0.1, 0.15) is 24.6 Å². The Morgan fingerprint density at radius 2 is 2.05 bits per heavy atom. The van der Waals surface area contributed by atoms with E-state index < -0.39 is 0 Å². The van der Waals surface area contributed by atoms with Crippen molar-refractivity contribution in [3.8, 4) is 0 Å². The van der Waals surface area contributed by atoms with E-state index in [9.17, 15) is 0 Å². The molecule has 0 radical (unpaired) electrons. The Balaban J connectivity index is 0.00000110. The van der Waals surface area contributed by atoms with Gasteiger partial charge in [0.1, 0.15) is 6.29 Å². The number of carbonyl (C=O) groups excluding carboxylic acids is 1. The van der Waals surface area contributed by atoms with Gasteiger partial charge in [0.2, 0.25) is 0 Å². The van der Waals surface area contributed by atoms with Gasteiger partial charge in [-0.05, 0) is 31.0 Å². The second kappa shape index (κ2) is 11.4. The van der Waals surface area contributed by atoms with Crippen molar-refractivity contribution in [2.75, 3.05) is 20.7 Å². The van der Waals surface area contributed by atoms with E-state index >= 15 is 0 Å². The van der Waals surface area contributed by atoms with Crippen molar-refractivity contribution in [3.63, 3.8) is 0 Å². The standard InChI is InChI=1S/C11H16Cl2NO2P.C2H4O/c1-14(15)6-5-11(17-16-2)8-3-4-9(12)10(13)7-8;1-2-3/h3-4,7,11,15,17H,5-6H2,1-2H3;2H,1H3. The molecule has 0 bridgehead atoms. The molecule has 0 aliphatic carbocycles. The Morgan fingerprint density at radius 3 is 2.50 bits per heavy atom. The fraction of sp³-hybridized carbons (Fsp3) is 0.462. The predicted molar refractivity (Wildman–Crippen MR) is 85.3 cm³/mol. The van der Waals surface area contributed by atoms with Crippen LogP contribution in [0.25, 0.3) is 0 Å². The SMILES string of the molecule is CC=O.COPC(CCN(C)O)c1ccc(Cl)c(Cl)c1. The van der Waals surface area contributed by atoms with Crippen LogP contribution < -0.4 is 0 Å². The number of halogens is 2. The van der Waals surface area contributed by atoms with Gasteiger partial charge in [0.15, 0.2) is 0 Å². The molecule has 0 aromatic heterocycles. The Bertz CT molecular complexity index is 405. The first-order valence-electron chi connectivity index (χ1n) is 5.99. The van der Waals surface area contributed by atoms with E-state index in [0.717, 1.165) is 18.3 Å². The molecule has 0 heterocycles. The van der Waals surface area contributed by atoms with Crippen molar-refractivity contribution in [3.05, 3.63) is 33.8 Å². The first kappa shape index (κ1) is 19.8. The van der Waals surface area contributed by atoms with Gasteiger partial charge in [-0.15, -0.1) is 0 Å². The number of hydrogen-bond acceptors (Lipinski definition) is 4. The number of hydrogen-bond donors (Lipinski definition) is 1. The second-order valence-electron chi connectivity index (χ2n) is 3.95. The number of aldehydes is 1. The number of rotatable bonds is 6. The lowest BCUT2D eigenvalue weighted by Gasteiger charge is -2.18. The van der Waals surface area contributed by atoms with E-state index in [2.05, 4.69) is 0 Å². The predicted octanol–water partition coefficient (Wildman–Crippen LogP) is 4.19. The summed E-state index contributed by atoms with van der Waals surface area (Å²) in [7, 11) is 3.64. The van der Waals surface area contributed by atoms with Crippen LogP contribution in [0, 0.1) is 0 Å². The van der Waals surface area contributed by atoms with Crippen LogP contribution in [-0.4, -0.2) is 37.3 Å². The van der Waals surface area contributed by atoms with E-state index in [4.69, 9.17) is 37.7 Å². The largest absolute Gasteiger partial charge is 0.365 e. The summed E-state index contributed by atoms with van der Waals surface area (Å²) in [6.07, 6.45) is 1.55. The summed E-state index contributed by atoms with van der Waals surface area (Å²) < 4.78 is 5.21. The van der Waals surface area contributed by atoms with Crippen molar-refractivity contribution < 1.29 is 14.5 Å². The van der Waals surface area contributed by atoms with E-state index in [0.29, 0.717) is 25.4 Å². The highest BCUT2D eigenvalue weighted by Crippen LogP contribution is 2.39. The normalized spacial score (nSPS) is 12.3. The van der Waals surface area contributed by atoms with Crippen molar-refractivity contribution in [1.82, 2.24) is 5.06 Å². The lowest BCUT2D eigenvalue weighted by molar-refractivity contribution is -0.106. The van der Waals surface area contributed by atoms with Gasteiger partial charge in [0.25, 0.3) is 0 Å². The molecule has 0 aliphatic heterocycles. The quantitative estimate of drug-likeness (QED) is 0.479. The molecule has 0 amide bonds. The van der Waals surface area contributed by atoms with Gasteiger partial charge in [-0.1, -0.05) is 29.3 Å². The van der Waals surface area contributed by atoms with Crippen molar-refractivity contribution in [2.45, 2.75) is 19.0 Å². The Morgan fingerprint density at radius 1 is 1.45 bits per heavy atom. The molecular formula is C13H20Cl2NO3P. The number of hydroxylamine groups is 2. The monoisotopic (exact) mass is 339 g/mol. The molecule has 0 saturated heterocycles. The van der Waals surface area contributed by atoms with Gasteiger partial charge >= 0.3 is 0 Å². The van der Waals surface area contributed by atoms with Crippen LogP contribution in [0.4, 0.5) is 0 Å². The second-order valence-corrected chi connectivity index (χ2v) is 6.11. The third-order valence-electron chi connectivity index (χ3n) is 2.35. The molecule has 1 rings (SSSR count). The third kappa shape index (κ3) is 8.15. The first-order valence-corrected chi connectivity index (χ1v) is 7.73. The molecule has 2 atom stereocenters. The molecule has 1 aromatic rings. The molecule has 0 saturated carbocycles. The lowest BCUT2D eigenvalue weighted by Crippen LogP contribution is -2.15. The Labute approximate surface area is 131 Å². The summed E-state index contributed by atoms with van der Waals surface area (Å²) in [6, 6.07) is 5.59. The van der Waals surface area contributed by atoms with Crippen molar-refractivity contribution in [2.24, 2.45) is 0 Å². The molecule has 20 heavy (non-hydrogen) atoms. The highest BCUT2D eigenvalue weighted by atomic mass is 35.5. The first-order chi connectivity index (χ1) is 9.46. The third-order valence-corrected chi connectivity index (χ3v) is 4.23. The maximum atomic E-state index is 9.16. The van der Waals surface area contributed by atoms with Gasteiger partial charge in [-0.25, -0.2) is 0 Å². The Kier molecular flexibility index (Phi) is 11.3. The van der Waals surface area contributed by atoms with Gasteiger partial charge < -0.3 is 14.5 Å². The number of nitrogens with zero attached hydrogens (tertiary/aromatic N) is 1. The lowest BCUT2D eigenvalue weighted by atomic mass is 10.1. The molecule has 0 spiro atoms. The van der Waals surface area contributed by atoms with Crippen LogP contribution >= 0.6 is 32.0 Å². The highest BCUT2D eigenvalue weighted by Gasteiger charge is 2.13. The van der Waals surface area contributed by atoms with Gasteiger partial charge in [-0.3, -0.25) is 0 Å².